The molecule has 32 heavy (non-hydrogen) atoms. The molecule has 2 N–H and O–H groups in total. The van der Waals surface area contributed by atoms with E-state index >= 15 is 0 Å². The van der Waals surface area contributed by atoms with Gasteiger partial charge in [-0.2, -0.15) is 0 Å². The number of ether oxygens (including phenoxy) is 1. The van der Waals surface area contributed by atoms with E-state index in [0.717, 1.165) is 5.75 Å². The molecule has 0 saturated carbocycles. The Bertz CT molecular complexity index is 957. The molecule has 1 aliphatic rings. The lowest BCUT2D eigenvalue weighted by atomic mass is 10.1. The van der Waals surface area contributed by atoms with Crippen molar-refractivity contribution in [1.29, 1.82) is 0 Å². The SMILES string of the molecule is COc1ccc(C(=O)N2CCN(Cc3ccccc3[N+](=O)[O-])CC2)cc1.O=C(O)C(=O)O. The summed E-state index contributed by atoms with van der Waals surface area (Å²) in [7, 11) is 1.59. The van der Waals surface area contributed by atoms with Crippen molar-refractivity contribution in [2.45, 2.75) is 6.54 Å². The molecule has 1 saturated heterocycles. The first-order chi connectivity index (χ1) is 15.2. The Hall–Kier alpha value is -3.99. The number of piperazine rings is 1. The number of benzene rings is 2. The fraction of sp³-hybridized carbons (Fsp3) is 0.286. The van der Waals surface area contributed by atoms with Crippen molar-refractivity contribution in [3.63, 3.8) is 0 Å². The predicted molar refractivity (Wildman–Crippen MR) is 113 cm³/mol. The summed E-state index contributed by atoms with van der Waals surface area (Å²) in [6.07, 6.45) is 0. The zero-order valence-corrected chi connectivity index (χ0v) is 17.3. The molecule has 3 rings (SSSR count). The summed E-state index contributed by atoms with van der Waals surface area (Å²) < 4.78 is 5.11. The number of methoxy groups -OCH3 is 1. The van der Waals surface area contributed by atoms with Gasteiger partial charge in [-0.1, -0.05) is 18.2 Å². The molecule has 0 radical (unpaired) electrons. The lowest BCUT2D eigenvalue weighted by Crippen LogP contribution is -2.48. The van der Waals surface area contributed by atoms with E-state index in [1.165, 1.54) is 6.07 Å². The van der Waals surface area contributed by atoms with Crippen LogP contribution in [0.15, 0.2) is 48.5 Å². The van der Waals surface area contributed by atoms with E-state index in [0.29, 0.717) is 43.9 Å². The minimum Gasteiger partial charge on any atom is -0.497 e. The standard InChI is InChI=1S/C19H21N3O4.C2H2O4/c1-26-17-8-6-15(7-9-17)19(23)21-12-10-20(11-13-21)14-16-4-2-3-5-18(16)22(24)25;3-1(4)2(5)6/h2-9H,10-14H2,1H3;(H,3,4)(H,5,6). The van der Waals surface area contributed by atoms with Gasteiger partial charge in [-0.25, -0.2) is 9.59 Å². The van der Waals surface area contributed by atoms with Crippen LogP contribution in [0.3, 0.4) is 0 Å². The highest BCUT2D eigenvalue weighted by molar-refractivity contribution is 6.27. The van der Waals surface area contributed by atoms with Crippen LogP contribution >= 0.6 is 0 Å². The van der Waals surface area contributed by atoms with Gasteiger partial charge in [0.15, 0.2) is 0 Å². The van der Waals surface area contributed by atoms with Gasteiger partial charge in [0, 0.05) is 49.9 Å². The number of carboxylic acids is 2. The molecular weight excluding hydrogens is 422 g/mol. The number of nitrogens with zero attached hydrogens (tertiary/aromatic N) is 3. The van der Waals surface area contributed by atoms with Crippen molar-refractivity contribution in [2.75, 3.05) is 33.3 Å². The molecule has 11 nitrogen and oxygen atoms in total. The van der Waals surface area contributed by atoms with Crippen LogP contribution in [0.25, 0.3) is 0 Å². The normalized spacial score (nSPS) is 13.5. The molecule has 11 heteroatoms. The van der Waals surface area contributed by atoms with Crippen LogP contribution in [0.4, 0.5) is 5.69 Å². The highest BCUT2D eigenvalue weighted by Gasteiger charge is 2.24. The van der Waals surface area contributed by atoms with E-state index in [-0.39, 0.29) is 16.5 Å². The smallest absolute Gasteiger partial charge is 0.414 e. The highest BCUT2D eigenvalue weighted by Crippen LogP contribution is 2.21. The molecule has 0 atom stereocenters. The second kappa shape index (κ2) is 11.4. The maximum absolute atomic E-state index is 12.6. The molecule has 1 heterocycles. The summed E-state index contributed by atoms with van der Waals surface area (Å²) in [5.41, 5.74) is 1.48. The number of amides is 1. The first-order valence-corrected chi connectivity index (χ1v) is 9.57. The molecule has 0 aromatic heterocycles. The molecule has 1 aliphatic heterocycles. The van der Waals surface area contributed by atoms with Gasteiger partial charge in [0.1, 0.15) is 5.75 Å². The molecule has 1 fully saturated rings. The summed E-state index contributed by atoms with van der Waals surface area (Å²) in [6, 6.07) is 13.9. The van der Waals surface area contributed by atoms with Gasteiger partial charge < -0.3 is 19.8 Å². The number of hydrogen-bond acceptors (Lipinski definition) is 7. The zero-order chi connectivity index (χ0) is 23.7. The summed E-state index contributed by atoms with van der Waals surface area (Å²) in [5, 5.41) is 25.9. The Morgan fingerprint density at radius 3 is 2.03 bits per heavy atom. The lowest BCUT2D eigenvalue weighted by molar-refractivity contribution is -0.385. The van der Waals surface area contributed by atoms with Crippen molar-refractivity contribution in [3.05, 3.63) is 69.8 Å². The Kier molecular flexibility index (Phi) is 8.66. The van der Waals surface area contributed by atoms with Gasteiger partial charge in [-0.15, -0.1) is 0 Å². The number of para-hydroxylation sites is 1. The Morgan fingerprint density at radius 2 is 1.53 bits per heavy atom. The number of nitro groups is 1. The number of carbonyl (C=O) groups is 3. The molecule has 0 bridgehead atoms. The van der Waals surface area contributed by atoms with Crippen LogP contribution in [0, 0.1) is 10.1 Å². The van der Waals surface area contributed by atoms with Gasteiger partial charge >= 0.3 is 11.9 Å². The minimum absolute atomic E-state index is 0.00186. The second-order valence-corrected chi connectivity index (χ2v) is 6.79. The Labute approximate surface area is 183 Å². The summed E-state index contributed by atoms with van der Waals surface area (Å²) in [4.78, 5) is 45.5. The Balaban J connectivity index is 0.000000534. The third-order valence-electron chi connectivity index (χ3n) is 4.76. The predicted octanol–water partition coefficient (Wildman–Crippen LogP) is 1.72. The largest absolute Gasteiger partial charge is 0.497 e. The van der Waals surface area contributed by atoms with E-state index in [1.807, 2.05) is 11.0 Å². The maximum Gasteiger partial charge on any atom is 0.414 e. The molecule has 2 aromatic rings. The quantitative estimate of drug-likeness (QED) is 0.398. The fourth-order valence-corrected chi connectivity index (χ4v) is 3.09. The molecule has 170 valence electrons. The van der Waals surface area contributed by atoms with Gasteiger partial charge in [0.05, 0.1) is 12.0 Å². The number of nitro benzene ring substituents is 1. The van der Waals surface area contributed by atoms with E-state index in [4.69, 9.17) is 24.5 Å². The van der Waals surface area contributed by atoms with Crippen LogP contribution in [-0.2, 0) is 16.1 Å². The minimum atomic E-state index is -1.82. The van der Waals surface area contributed by atoms with Gasteiger partial charge in [0.2, 0.25) is 0 Å². The first kappa shape index (κ1) is 24.3. The summed E-state index contributed by atoms with van der Waals surface area (Å²) >= 11 is 0. The van der Waals surface area contributed by atoms with E-state index in [2.05, 4.69) is 4.90 Å². The van der Waals surface area contributed by atoms with Crippen molar-refractivity contribution in [1.82, 2.24) is 9.80 Å². The lowest BCUT2D eigenvalue weighted by Gasteiger charge is -2.34. The molecule has 2 aromatic carbocycles. The third kappa shape index (κ3) is 6.77. The van der Waals surface area contributed by atoms with Crippen molar-refractivity contribution >= 4 is 23.5 Å². The molecule has 0 spiro atoms. The number of carboxylic acid groups (broad SMARTS) is 2. The van der Waals surface area contributed by atoms with Gasteiger partial charge in [-0.05, 0) is 24.3 Å². The first-order valence-electron chi connectivity index (χ1n) is 9.57. The van der Waals surface area contributed by atoms with E-state index in [9.17, 15) is 14.9 Å². The fourth-order valence-electron chi connectivity index (χ4n) is 3.09. The maximum atomic E-state index is 12.6. The van der Waals surface area contributed by atoms with Crippen molar-refractivity contribution < 1.29 is 34.3 Å². The van der Waals surface area contributed by atoms with Crippen LogP contribution in [0.1, 0.15) is 15.9 Å². The number of hydrogen-bond donors (Lipinski definition) is 2. The summed E-state index contributed by atoms with van der Waals surface area (Å²) in [5.74, 6) is -2.93. The monoisotopic (exact) mass is 445 g/mol. The van der Waals surface area contributed by atoms with E-state index < -0.39 is 11.9 Å². The van der Waals surface area contributed by atoms with Crippen LogP contribution in [0.2, 0.25) is 0 Å². The molecule has 0 aliphatic carbocycles. The molecular formula is C21H23N3O8. The zero-order valence-electron chi connectivity index (χ0n) is 17.3. The second-order valence-electron chi connectivity index (χ2n) is 6.79. The molecule has 1 amide bonds. The van der Waals surface area contributed by atoms with E-state index in [1.54, 1.807) is 43.5 Å². The van der Waals surface area contributed by atoms with Crippen molar-refractivity contribution in [3.8, 4) is 5.75 Å². The van der Waals surface area contributed by atoms with Crippen LogP contribution in [-0.4, -0.2) is 76.1 Å². The van der Waals surface area contributed by atoms with Crippen LogP contribution in [0.5, 0.6) is 5.75 Å². The topological polar surface area (TPSA) is 151 Å². The van der Waals surface area contributed by atoms with Crippen LogP contribution < -0.4 is 4.74 Å². The summed E-state index contributed by atoms with van der Waals surface area (Å²) in [6.45, 7) is 3.10. The van der Waals surface area contributed by atoms with Gasteiger partial charge in [0.25, 0.3) is 11.6 Å². The number of rotatable bonds is 5. The Morgan fingerprint density at radius 1 is 0.969 bits per heavy atom. The highest BCUT2D eigenvalue weighted by atomic mass is 16.6. The molecule has 0 unspecified atom stereocenters. The number of carbonyl (C=O) groups excluding carboxylic acids is 1. The van der Waals surface area contributed by atoms with Crippen molar-refractivity contribution in [2.24, 2.45) is 0 Å². The average molecular weight is 445 g/mol. The third-order valence-corrected chi connectivity index (χ3v) is 4.76. The average Bonchev–Trinajstić information content (AvgIpc) is 2.80. The van der Waals surface area contributed by atoms with Gasteiger partial charge in [-0.3, -0.25) is 19.8 Å². The number of aliphatic carboxylic acids is 2.